The van der Waals surface area contributed by atoms with Gasteiger partial charge in [-0.15, -0.1) is 0 Å². The smallest absolute Gasteiger partial charge is 0.126 e. The third-order valence-corrected chi connectivity index (χ3v) is 4.27. The van der Waals surface area contributed by atoms with E-state index in [1.165, 1.54) is 11.1 Å². The Morgan fingerprint density at radius 1 is 1.08 bits per heavy atom. The highest BCUT2D eigenvalue weighted by Gasteiger charge is 2.15. The van der Waals surface area contributed by atoms with Gasteiger partial charge in [0, 0.05) is 13.1 Å². The Kier molecular flexibility index (Phi) is 5.39. The number of hydrogen-bond donors (Lipinski definition) is 1. The predicted molar refractivity (Wildman–Crippen MR) is 103 cm³/mol. The van der Waals surface area contributed by atoms with Crippen molar-refractivity contribution < 1.29 is 4.74 Å². The molecule has 0 amide bonds. The molecule has 0 aliphatic rings. The highest BCUT2D eigenvalue weighted by atomic mass is 16.5. The van der Waals surface area contributed by atoms with E-state index in [4.69, 9.17) is 9.72 Å². The van der Waals surface area contributed by atoms with Gasteiger partial charge in [-0.25, -0.2) is 4.98 Å². The molecule has 4 nitrogen and oxygen atoms in total. The average molecular weight is 337 g/mol. The monoisotopic (exact) mass is 337 g/mol. The van der Waals surface area contributed by atoms with Crippen LogP contribution in [0.5, 0.6) is 5.75 Å². The molecule has 0 bridgehead atoms. The SMILES string of the molecule is CCn1c(C(C)NCc2cccc(OC(C)C)c2)nc2ccccc21. The van der Waals surface area contributed by atoms with Gasteiger partial charge >= 0.3 is 0 Å². The van der Waals surface area contributed by atoms with Gasteiger partial charge in [0.2, 0.25) is 0 Å². The number of hydrogen-bond acceptors (Lipinski definition) is 3. The van der Waals surface area contributed by atoms with E-state index in [2.05, 4.69) is 54.1 Å². The molecular weight excluding hydrogens is 310 g/mol. The van der Waals surface area contributed by atoms with Gasteiger partial charge in [-0.3, -0.25) is 0 Å². The largest absolute Gasteiger partial charge is 0.491 e. The molecule has 1 N–H and O–H groups in total. The number of aryl methyl sites for hydroxylation is 1. The summed E-state index contributed by atoms with van der Waals surface area (Å²) in [6, 6.07) is 16.7. The van der Waals surface area contributed by atoms with Crippen LogP contribution in [-0.2, 0) is 13.1 Å². The van der Waals surface area contributed by atoms with Crippen molar-refractivity contribution >= 4 is 11.0 Å². The first-order valence-corrected chi connectivity index (χ1v) is 9.02. The van der Waals surface area contributed by atoms with E-state index in [9.17, 15) is 0 Å². The van der Waals surface area contributed by atoms with Crippen LogP contribution in [0.2, 0.25) is 0 Å². The predicted octanol–water partition coefficient (Wildman–Crippen LogP) is 4.69. The van der Waals surface area contributed by atoms with Gasteiger partial charge in [0.1, 0.15) is 11.6 Å². The summed E-state index contributed by atoms with van der Waals surface area (Å²) in [6.07, 6.45) is 0.187. The summed E-state index contributed by atoms with van der Waals surface area (Å²) in [5.74, 6) is 2.00. The number of aromatic nitrogens is 2. The Labute approximate surface area is 149 Å². The molecule has 0 spiro atoms. The molecule has 0 saturated heterocycles. The van der Waals surface area contributed by atoms with Gasteiger partial charge in [-0.05, 0) is 57.5 Å². The molecule has 1 unspecified atom stereocenters. The molecule has 1 aromatic heterocycles. The van der Waals surface area contributed by atoms with E-state index in [0.29, 0.717) is 0 Å². The molecule has 3 aromatic rings. The standard InChI is InChI=1S/C21H27N3O/c1-5-24-20-12-7-6-11-19(20)23-21(24)16(4)22-14-17-9-8-10-18(13-17)25-15(2)3/h6-13,15-16,22H,5,14H2,1-4H3. The molecule has 25 heavy (non-hydrogen) atoms. The number of nitrogens with zero attached hydrogens (tertiary/aromatic N) is 2. The molecule has 0 radical (unpaired) electrons. The summed E-state index contributed by atoms with van der Waals surface area (Å²) in [7, 11) is 0. The summed E-state index contributed by atoms with van der Waals surface area (Å²) in [4.78, 5) is 4.83. The lowest BCUT2D eigenvalue weighted by molar-refractivity contribution is 0.242. The minimum absolute atomic E-state index is 0.169. The van der Waals surface area contributed by atoms with Crippen LogP contribution in [0, 0.1) is 0 Å². The molecule has 132 valence electrons. The van der Waals surface area contributed by atoms with Crippen molar-refractivity contribution in [2.45, 2.75) is 52.9 Å². The maximum Gasteiger partial charge on any atom is 0.126 e. The third kappa shape index (κ3) is 4.02. The van der Waals surface area contributed by atoms with Gasteiger partial charge in [0.15, 0.2) is 0 Å². The maximum atomic E-state index is 5.78. The van der Waals surface area contributed by atoms with Crippen LogP contribution in [-0.4, -0.2) is 15.7 Å². The summed E-state index contributed by atoms with van der Waals surface area (Å²) in [5.41, 5.74) is 3.46. The molecule has 3 rings (SSSR count). The van der Waals surface area contributed by atoms with Crippen molar-refractivity contribution in [3.8, 4) is 5.75 Å². The van der Waals surface area contributed by atoms with Crippen molar-refractivity contribution in [3.05, 3.63) is 59.9 Å². The van der Waals surface area contributed by atoms with E-state index >= 15 is 0 Å². The van der Waals surface area contributed by atoms with Crippen molar-refractivity contribution in [1.29, 1.82) is 0 Å². The average Bonchev–Trinajstić information content (AvgIpc) is 2.98. The van der Waals surface area contributed by atoms with Crippen LogP contribution in [0.3, 0.4) is 0 Å². The molecule has 0 aliphatic carbocycles. The van der Waals surface area contributed by atoms with E-state index in [-0.39, 0.29) is 12.1 Å². The lowest BCUT2D eigenvalue weighted by Crippen LogP contribution is -2.21. The second-order valence-corrected chi connectivity index (χ2v) is 6.62. The lowest BCUT2D eigenvalue weighted by Gasteiger charge is -2.16. The number of nitrogens with one attached hydrogen (secondary N) is 1. The van der Waals surface area contributed by atoms with Crippen LogP contribution >= 0.6 is 0 Å². The second-order valence-electron chi connectivity index (χ2n) is 6.62. The molecule has 2 aromatic carbocycles. The van der Waals surface area contributed by atoms with Crippen molar-refractivity contribution in [2.24, 2.45) is 0 Å². The second kappa shape index (κ2) is 7.70. The minimum atomic E-state index is 0.169. The van der Waals surface area contributed by atoms with Crippen molar-refractivity contribution in [3.63, 3.8) is 0 Å². The lowest BCUT2D eigenvalue weighted by atomic mass is 10.2. The number of rotatable bonds is 7. The normalized spacial score (nSPS) is 12.7. The Hall–Kier alpha value is -2.33. The van der Waals surface area contributed by atoms with Gasteiger partial charge in [-0.1, -0.05) is 24.3 Å². The molecule has 1 heterocycles. The fourth-order valence-electron chi connectivity index (χ4n) is 3.12. The first-order chi connectivity index (χ1) is 12.1. The zero-order valence-electron chi connectivity index (χ0n) is 15.5. The minimum Gasteiger partial charge on any atom is -0.491 e. The number of fused-ring (bicyclic) bond motifs is 1. The zero-order valence-corrected chi connectivity index (χ0v) is 15.5. The quantitative estimate of drug-likeness (QED) is 0.679. The van der Waals surface area contributed by atoms with Gasteiger partial charge in [-0.2, -0.15) is 0 Å². The summed E-state index contributed by atoms with van der Waals surface area (Å²) in [5, 5.41) is 3.59. The number of benzene rings is 2. The molecule has 4 heteroatoms. The van der Waals surface area contributed by atoms with Gasteiger partial charge < -0.3 is 14.6 Å². The Bertz CT molecular complexity index is 838. The van der Waals surface area contributed by atoms with E-state index in [1.54, 1.807) is 0 Å². The maximum absolute atomic E-state index is 5.78. The third-order valence-electron chi connectivity index (χ3n) is 4.27. The molecule has 0 aliphatic heterocycles. The fraction of sp³-hybridized carbons (Fsp3) is 0.381. The fourth-order valence-corrected chi connectivity index (χ4v) is 3.12. The van der Waals surface area contributed by atoms with Crippen LogP contribution in [0.25, 0.3) is 11.0 Å². The number of ether oxygens (including phenoxy) is 1. The van der Waals surface area contributed by atoms with Crippen LogP contribution < -0.4 is 10.1 Å². The summed E-state index contributed by atoms with van der Waals surface area (Å²) >= 11 is 0. The summed E-state index contributed by atoms with van der Waals surface area (Å²) in [6.45, 7) is 10.1. The van der Waals surface area contributed by atoms with E-state index in [1.807, 2.05) is 32.0 Å². The molecule has 0 fully saturated rings. The highest BCUT2D eigenvalue weighted by Crippen LogP contribution is 2.21. The first kappa shape index (κ1) is 17.5. The van der Waals surface area contributed by atoms with Crippen LogP contribution in [0.15, 0.2) is 48.5 Å². The molecular formula is C21H27N3O. The molecule has 0 saturated carbocycles. The number of imidazole rings is 1. The summed E-state index contributed by atoms with van der Waals surface area (Å²) < 4.78 is 8.06. The first-order valence-electron chi connectivity index (χ1n) is 9.02. The van der Waals surface area contributed by atoms with Gasteiger partial charge in [0.25, 0.3) is 0 Å². The number of para-hydroxylation sites is 2. The molecule has 1 atom stereocenters. The Balaban J connectivity index is 1.74. The van der Waals surface area contributed by atoms with Crippen molar-refractivity contribution in [1.82, 2.24) is 14.9 Å². The van der Waals surface area contributed by atoms with E-state index < -0.39 is 0 Å². The van der Waals surface area contributed by atoms with E-state index in [0.717, 1.165) is 30.2 Å². The zero-order chi connectivity index (χ0) is 17.8. The van der Waals surface area contributed by atoms with Crippen LogP contribution in [0.4, 0.5) is 0 Å². The van der Waals surface area contributed by atoms with Crippen molar-refractivity contribution in [2.75, 3.05) is 0 Å². The highest BCUT2D eigenvalue weighted by molar-refractivity contribution is 5.76. The topological polar surface area (TPSA) is 39.1 Å². The Morgan fingerprint density at radius 2 is 1.88 bits per heavy atom. The Morgan fingerprint density at radius 3 is 2.64 bits per heavy atom. The van der Waals surface area contributed by atoms with Gasteiger partial charge in [0.05, 0.1) is 23.2 Å². The van der Waals surface area contributed by atoms with Crippen LogP contribution in [0.1, 0.15) is 45.1 Å².